The summed E-state index contributed by atoms with van der Waals surface area (Å²) in [6, 6.07) is 9.75. The molecule has 1 fully saturated rings. The number of piperidine rings is 1. The molecule has 2 N–H and O–H groups in total. The van der Waals surface area contributed by atoms with Crippen molar-refractivity contribution in [2.75, 3.05) is 13.1 Å². The minimum atomic E-state index is -0.0754. The number of amides is 2. The van der Waals surface area contributed by atoms with Crippen molar-refractivity contribution in [3.05, 3.63) is 35.9 Å². The van der Waals surface area contributed by atoms with E-state index in [9.17, 15) is 9.59 Å². The van der Waals surface area contributed by atoms with Crippen LogP contribution in [0.5, 0.6) is 0 Å². The second-order valence-corrected chi connectivity index (χ2v) is 4.60. The molecule has 0 aliphatic carbocycles. The van der Waals surface area contributed by atoms with E-state index >= 15 is 0 Å². The van der Waals surface area contributed by atoms with Gasteiger partial charge in [-0.05, 0) is 18.5 Å². The second-order valence-electron chi connectivity index (χ2n) is 4.60. The van der Waals surface area contributed by atoms with Crippen LogP contribution in [0.2, 0.25) is 0 Å². The molecule has 1 aliphatic heterocycles. The monoisotopic (exact) mass is 246 g/mol. The molecule has 0 spiro atoms. The standard InChI is InChI=1S/C14H18N2O2/c15-7-4-8-16-13(17)9-12(10-14(16)18)11-5-2-1-3-6-11/h1-3,5-6,12H,4,7-10,15H2. The fraction of sp³-hybridized carbons (Fsp3) is 0.429. The van der Waals surface area contributed by atoms with Crippen LogP contribution in [0.3, 0.4) is 0 Å². The Morgan fingerprint density at radius 3 is 2.28 bits per heavy atom. The molecule has 0 saturated carbocycles. The van der Waals surface area contributed by atoms with E-state index in [0.29, 0.717) is 32.4 Å². The van der Waals surface area contributed by atoms with Crippen LogP contribution in [0, 0.1) is 0 Å². The van der Waals surface area contributed by atoms with Gasteiger partial charge in [0.05, 0.1) is 0 Å². The van der Waals surface area contributed by atoms with Gasteiger partial charge in [-0.2, -0.15) is 0 Å². The lowest BCUT2D eigenvalue weighted by Crippen LogP contribution is -2.43. The molecule has 0 bridgehead atoms. The van der Waals surface area contributed by atoms with E-state index in [2.05, 4.69) is 0 Å². The number of carbonyl (C=O) groups excluding carboxylic acids is 2. The minimum absolute atomic E-state index is 0.0281. The Kier molecular flexibility index (Phi) is 4.10. The van der Waals surface area contributed by atoms with Crippen molar-refractivity contribution in [3.63, 3.8) is 0 Å². The normalized spacial score (nSPS) is 17.3. The van der Waals surface area contributed by atoms with Gasteiger partial charge in [-0.1, -0.05) is 30.3 Å². The molecular formula is C14H18N2O2. The predicted octanol–water partition coefficient (Wildman–Crippen LogP) is 1.27. The van der Waals surface area contributed by atoms with E-state index in [-0.39, 0.29) is 17.7 Å². The van der Waals surface area contributed by atoms with Crippen LogP contribution in [0.1, 0.15) is 30.7 Å². The number of carbonyl (C=O) groups is 2. The van der Waals surface area contributed by atoms with Crippen molar-refractivity contribution in [2.45, 2.75) is 25.2 Å². The molecule has 0 aromatic heterocycles. The average molecular weight is 246 g/mol. The molecule has 4 nitrogen and oxygen atoms in total. The summed E-state index contributed by atoms with van der Waals surface area (Å²) in [6.45, 7) is 0.953. The van der Waals surface area contributed by atoms with Crippen molar-refractivity contribution in [1.29, 1.82) is 0 Å². The van der Waals surface area contributed by atoms with Crippen LogP contribution in [-0.2, 0) is 9.59 Å². The Labute approximate surface area is 107 Å². The molecule has 1 aromatic rings. The van der Waals surface area contributed by atoms with Gasteiger partial charge >= 0.3 is 0 Å². The van der Waals surface area contributed by atoms with Crippen molar-refractivity contribution >= 4 is 11.8 Å². The molecule has 2 amide bonds. The quantitative estimate of drug-likeness (QED) is 0.814. The highest BCUT2D eigenvalue weighted by molar-refractivity contribution is 5.98. The number of benzene rings is 1. The molecule has 1 saturated heterocycles. The van der Waals surface area contributed by atoms with Gasteiger partial charge < -0.3 is 5.73 Å². The Balaban J connectivity index is 2.05. The third kappa shape index (κ3) is 2.76. The van der Waals surface area contributed by atoms with Crippen molar-refractivity contribution < 1.29 is 9.59 Å². The predicted molar refractivity (Wildman–Crippen MR) is 68.8 cm³/mol. The SMILES string of the molecule is NCCCN1C(=O)CC(c2ccccc2)CC1=O. The van der Waals surface area contributed by atoms with Gasteiger partial charge in [0.1, 0.15) is 0 Å². The number of nitrogens with two attached hydrogens (primary N) is 1. The molecule has 1 aliphatic rings. The lowest BCUT2D eigenvalue weighted by molar-refractivity contribution is -0.148. The van der Waals surface area contributed by atoms with Crippen LogP contribution in [-0.4, -0.2) is 29.8 Å². The summed E-state index contributed by atoms with van der Waals surface area (Å²) in [7, 11) is 0. The lowest BCUT2D eigenvalue weighted by Gasteiger charge is -2.30. The van der Waals surface area contributed by atoms with E-state index in [4.69, 9.17) is 5.73 Å². The topological polar surface area (TPSA) is 63.4 Å². The Hall–Kier alpha value is -1.68. The van der Waals surface area contributed by atoms with Gasteiger partial charge in [-0.15, -0.1) is 0 Å². The second kappa shape index (κ2) is 5.78. The summed E-state index contributed by atoms with van der Waals surface area (Å²) in [5.41, 5.74) is 6.47. The number of rotatable bonds is 4. The van der Waals surface area contributed by atoms with Gasteiger partial charge in [0.2, 0.25) is 11.8 Å². The zero-order valence-electron chi connectivity index (χ0n) is 10.3. The lowest BCUT2D eigenvalue weighted by atomic mass is 9.88. The van der Waals surface area contributed by atoms with Gasteiger partial charge in [0.25, 0.3) is 0 Å². The first kappa shape index (κ1) is 12.8. The number of hydrogen-bond donors (Lipinski definition) is 1. The van der Waals surface area contributed by atoms with Crippen LogP contribution in [0.15, 0.2) is 30.3 Å². The fourth-order valence-corrected chi connectivity index (χ4v) is 2.31. The molecule has 1 heterocycles. The third-order valence-electron chi connectivity index (χ3n) is 3.30. The smallest absolute Gasteiger partial charge is 0.229 e. The number of nitrogens with zero attached hydrogens (tertiary/aromatic N) is 1. The van der Waals surface area contributed by atoms with Crippen molar-refractivity contribution in [3.8, 4) is 0 Å². The zero-order valence-corrected chi connectivity index (χ0v) is 10.3. The van der Waals surface area contributed by atoms with Crippen molar-refractivity contribution in [2.24, 2.45) is 5.73 Å². The maximum absolute atomic E-state index is 12.0. The largest absolute Gasteiger partial charge is 0.330 e. The van der Waals surface area contributed by atoms with E-state index < -0.39 is 0 Å². The first-order valence-corrected chi connectivity index (χ1v) is 6.30. The molecule has 18 heavy (non-hydrogen) atoms. The molecule has 96 valence electrons. The highest BCUT2D eigenvalue weighted by Gasteiger charge is 2.32. The zero-order chi connectivity index (χ0) is 13.0. The van der Waals surface area contributed by atoms with E-state index in [1.54, 1.807) is 0 Å². The van der Waals surface area contributed by atoms with E-state index in [0.717, 1.165) is 5.56 Å². The Morgan fingerprint density at radius 2 is 1.72 bits per heavy atom. The summed E-state index contributed by atoms with van der Waals surface area (Å²) in [5.74, 6) is -0.123. The summed E-state index contributed by atoms with van der Waals surface area (Å²) in [5, 5.41) is 0. The summed E-state index contributed by atoms with van der Waals surface area (Å²) >= 11 is 0. The number of hydrogen-bond acceptors (Lipinski definition) is 3. The molecular weight excluding hydrogens is 228 g/mol. The van der Waals surface area contributed by atoms with Gasteiger partial charge in [0, 0.05) is 25.3 Å². The van der Waals surface area contributed by atoms with E-state index in [1.165, 1.54) is 4.90 Å². The number of imide groups is 1. The van der Waals surface area contributed by atoms with Crippen LogP contribution in [0.4, 0.5) is 0 Å². The summed E-state index contributed by atoms with van der Waals surface area (Å²) < 4.78 is 0. The molecule has 4 heteroatoms. The molecule has 0 radical (unpaired) electrons. The Bertz CT molecular complexity index is 413. The van der Waals surface area contributed by atoms with Crippen LogP contribution >= 0.6 is 0 Å². The molecule has 0 unspecified atom stereocenters. The highest BCUT2D eigenvalue weighted by atomic mass is 16.2. The third-order valence-corrected chi connectivity index (χ3v) is 3.30. The van der Waals surface area contributed by atoms with Gasteiger partial charge in [0.15, 0.2) is 0 Å². The fourth-order valence-electron chi connectivity index (χ4n) is 2.31. The van der Waals surface area contributed by atoms with Gasteiger partial charge in [-0.3, -0.25) is 14.5 Å². The average Bonchev–Trinajstić information content (AvgIpc) is 2.39. The van der Waals surface area contributed by atoms with Crippen LogP contribution in [0.25, 0.3) is 0 Å². The first-order valence-electron chi connectivity index (χ1n) is 6.30. The molecule has 2 rings (SSSR count). The molecule has 0 atom stereocenters. The van der Waals surface area contributed by atoms with E-state index in [1.807, 2.05) is 30.3 Å². The summed E-state index contributed by atoms with van der Waals surface area (Å²) in [6.07, 6.45) is 1.51. The number of likely N-dealkylation sites (tertiary alicyclic amines) is 1. The van der Waals surface area contributed by atoms with Gasteiger partial charge in [-0.25, -0.2) is 0 Å². The maximum Gasteiger partial charge on any atom is 0.229 e. The molecule has 1 aromatic carbocycles. The Morgan fingerprint density at radius 1 is 1.11 bits per heavy atom. The first-order chi connectivity index (χ1) is 8.72. The maximum atomic E-state index is 12.0. The van der Waals surface area contributed by atoms with Crippen LogP contribution < -0.4 is 5.73 Å². The summed E-state index contributed by atoms with van der Waals surface area (Å²) in [4.78, 5) is 25.3. The van der Waals surface area contributed by atoms with Crippen molar-refractivity contribution in [1.82, 2.24) is 4.90 Å². The minimum Gasteiger partial charge on any atom is -0.330 e. The highest BCUT2D eigenvalue weighted by Crippen LogP contribution is 2.29.